The molecule has 2 heteroatoms. The van der Waals surface area contributed by atoms with Crippen LogP contribution in [0.2, 0.25) is 0 Å². The third-order valence-corrected chi connectivity index (χ3v) is 2.43. The predicted octanol–water partition coefficient (Wildman–Crippen LogP) is 1.76. The van der Waals surface area contributed by atoms with E-state index in [2.05, 4.69) is 34.9 Å². The maximum Gasteiger partial charge on any atom is 0.0337 e. The molecule has 64 valence electrons. The van der Waals surface area contributed by atoms with Crippen molar-refractivity contribution in [3.63, 3.8) is 0 Å². The van der Waals surface area contributed by atoms with E-state index in [-0.39, 0.29) is 0 Å². The summed E-state index contributed by atoms with van der Waals surface area (Å²) in [6.07, 6.45) is 1.28. The average Bonchev–Trinajstić information content (AvgIpc) is 2.03. The molecule has 2 nitrogen and oxygen atoms in total. The van der Waals surface area contributed by atoms with Crippen LogP contribution in [0.4, 0.5) is 5.69 Å². The van der Waals surface area contributed by atoms with Crippen LogP contribution >= 0.6 is 0 Å². The Labute approximate surface area is 73.0 Å². The van der Waals surface area contributed by atoms with E-state index in [1.54, 1.807) is 0 Å². The van der Waals surface area contributed by atoms with Crippen LogP contribution in [0.3, 0.4) is 0 Å². The average molecular weight is 162 g/mol. The third-order valence-electron chi connectivity index (χ3n) is 2.43. The van der Waals surface area contributed by atoms with E-state index < -0.39 is 0 Å². The van der Waals surface area contributed by atoms with Crippen molar-refractivity contribution in [2.45, 2.75) is 12.5 Å². The largest absolute Gasteiger partial charge is 0.388 e. The van der Waals surface area contributed by atoms with E-state index in [0.29, 0.717) is 6.04 Å². The molecule has 1 aromatic carbocycles. The number of hydrogen-bond acceptors (Lipinski definition) is 2. The molecule has 1 atom stereocenters. The van der Waals surface area contributed by atoms with Gasteiger partial charge in [0.2, 0.25) is 0 Å². The van der Waals surface area contributed by atoms with Crippen molar-refractivity contribution in [1.82, 2.24) is 5.32 Å². The molecule has 0 aliphatic carbocycles. The van der Waals surface area contributed by atoms with E-state index in [9.17, 15) is 0 Å². The summed E-state index contributed by atoms with van der Waals surface area (Å²) in [5, 5.41) is 6.49. The lowest BCUT2D eigenvalue weighted by Crippen LogP contribution is -2.34. The van der Waals surface area contributed by atoms with Crippen molar-refractivity contribution in [3.8, 4) is 0 Å². The fourth-order valence-corrected chi connectivity index (χ4v) is 1.46. The minimum atomic E-state index is 0.607. The Balaban J connectivity index is 2.13. The maximum absolute atomic E-state index is 3.38. The van der Waals surface area contributed by atoms with Crippen LogP contribution in [-0.2, 0) is 0 Å². The second-order valence-electron chi connectivity index (χ2n) is 3.17. The van der Waals surface area contributed by atoms with Gasteiger partial charge in [-0.1, -0.05) is 12.1 Å². The van der Waals surface area contributed by atoms with Crippen LogP contribution in [0.1, 0.15) is 18.0 Å². The van der Waals surface area contributed by atoms with Gasteiger partial charge in [-0.15, -0.1) is 0 Å². The van der Waals surface area contributed by atoms with Crippen molar-refractivity contribution in [3.05, 3.63) is 29.8 Å². The number of rotatable bonds is 2. The Morgan fingerprint density at radius 2 is 2.00 bits per heavy atom. The smallest absolute Gasteiger partial charge is 0.0337 e. The summed E-state index contributed by atoms with van der Waals surface area (Å²) in [4.78, 5) is 0. The van der Waals surface area contributed by atoms with Crippen molar-refractivity contribution < 1.29 is 0 Å². The fraction of sp³-hybridized carbons (Fsp3) is 0.400. The molecule has 0 radical (unpaired) electrons. The monoisotopic (exact) mass is 162 g/mol. The molecule has 1 heterocycles. The van der Waals surface area contributed by atoms with Gasteiger partial charge in [-0.25, -0.2) is 0 Å². The molecule has 1 aliphatic heterocycles. The molecule has 0 amide bonds. The van der Waals surface area contributed by atoms with Gasteiger partial charge in [-0.3, -0.25) is 0 Å². The van der Waals surface area contributed by atoms with Gasteiger partial charge in [0.15, 0.2) is 0 Å². The number of anilines is 1. The molecule has 0 bridgehead atoms. The van der Waals surface area contributed by atoms with Crippen LogP contribution in [0.25, 0.3) is 0 Å². The molecular formula is C10H14N2. The summed E-state index contributed by atoms with van der Waals surface area (Å²) in [5.41, 5.74) is 2.58. The van der Waals surface area contributed by atoms with Gasteiger partial charge in [-0.05, 0) is 30.7 Å². The van der Waals surface area contributed by atoms with Gasteiger partial charge in [-0.2, -0.15) is 0 Å². The summed E-state index contributed by atoms with van der Waals surface area (Å²) in [6.45, 7) is 1.17. The Morgan fingerprint density at radius 1 is 1.33 bits per heavy atom. The Morgan fingerprint density at radius 3 is 2.42 bits per heavy atom. The molecule has 0 saturated carbocycles. The molecule has 1 fully saturated rings. The van der Waals surface area contributed by atoms with Crippen molar-refractivity contribution in [1.29, 1.82) is 0 Å². The molecule has 0 spiro atoms. The summed E-state index contributed by atoms with van der Waals surface area (Å²) in [7, 11) is 1.94. The summed E-state index contributed by atoms with van der Waals surface area (Å²) < 4.78 is 0. The topological polar surface area (TPSA) is 24.1 Å². The van der Waals surface area contributed by atoms with Gasteiger partial charge >= 0.3 is 0 Å². The summed E-state index contributed by atoms with van der Waals surface area (Å²) in [6, 6.07) is 9.21. The van der Waals surface area contributed by atoms with Gasteiger partial charge in [0.05, 0.1) is 0 Å². The minimum absolute atomic E-state index is 0.607. The number of hydrogen-bond donors (Lipinski definition) is 2. The minimum Gasteiger partial charge on any atom is -0.388 e. The lowest BCUT2D eigenvalue weighted by molar-refractivity contribution is 0.383. The van der Waals surface area contributed by atoms with E-state index in [1.165, 1.54) is 24.2 Å². The van der Waals surface area contributed by atoms with Crippen LogP contribution in [0.15, 0.2) is 24.3 Å². The van der Waals surface area contributed by atoms with Gasteiger partial charge in [0.25, 0.3) is 0 Å². The maximum atomic E-state index is 3.38. The fourth-order valence-electron chi connectivity index (χ4n) is 1.46. The molecule has 12 heavy (non-hydrogen) atoms. The molecular weight excluding hydrogens is 148 g/mol. The third kappa shape index (κ3) is 1.30. The molecule has 1 saturated heterocycles. The highest BCUT2D eigenvalue weighted by atomic mass is 15.0. The standard InChI is InChI=1S/C10H14N2/c1-11-9-4-2-8(3-5-9)10-6-7-12-10/h2-5,10-12H,6-7H2,1H3/t10-/m0/s1. The van der Waals surface area contributed by atoms with E-state index in [1.807, 2.05) is 7.05 Å². The Kier molecular flexibility index (Phi) is 2.00. The first-order valence-corrected chi connectivity index (χ1v) is 4.41. The second kappa shape index (κ2) is 3.15. The van der Waals surface area contributed by atoms with E-state index in [4.69, 9.17) is 0 Å². The first-order chi connectivity index (χ1) is 5.90. The van der Waals surface area contributed by atoms with Gasteiger partial charge in [0.1, 0.15) is 0 Å². The van der Waals surface area contributed by atoms with Crippen LogP contribution < -0.4 is 10.6 Å². The van der Waals surface area contributed by atoms with Crippen LogP contribution in [0.5, 0.6) is 0 Å². The number of nitrogens with one attached hydrogen (secondary N) is 2. The van der Waals surface area contributed by atoms with E-state index in [0.717, 1.165) is 0 Å². The van der Waals surface area contributed by atoms with Crippen LogP contribution in [-0.4, -0.2) is 13.6 Å². The van der Waals surface area contributed by atoms with Crippen molar-refractivity contribution in [2.75, 3.05) is 18.9 Å². The SMILES string of the molecule is CNc1ccc([C@@H]2CCN2)cc1. The Hall–Kier alpha value is -1.02. The summed E-state index contributed by atoms with van der Waals surface area (Å²) in [5.74, 6) is 0. The van der Waals surface area contributed by atoms with E-state index >= 15 is 0 Å². The van der Waals surface area contributed by atoms with Crippen molar-refractivity contribution >= 4 is 5.69 Å². The number of benzene rings is 1. The highest BCUT2D eigenvalue weighted by Gasteiger charge is 2.17. The molecule has 0 unspecified atom stereocenters. The highest BCUT2D eigenvalue weighted by molar-refractivity contribution is 5.44. The second-order valence-corrected chi connectivity index (χ2v) is 3.17. The molecule has 2 rings (SSSR count). The summed E-state index contributed by atoms with van der Waals surface area (Å²) >= 11 is 0. The van der Waals surface area contributed by atoms with Crippen molar-refractivity contribution in [2.24, 2.45) is 0 Å². The Bertz CT molecular complexity index is 249. The van der Waals surface area contributed by atoms with Gasteiger partial charge < -0.3 is 10.6 Å². The molecule has 0 aromatic heterocycles. The zero-order valence-electron chi connectivity index (χ0n) is 7.30. The predicted molar refractivity (Wildman–Crippen MR) is 51.3 cm³/mol. The van der Waals surface area contributed by atoms with Crippen LogP contribution in [0, 0.1) is 0 Å². The zero-order chi connectivity index (χ0) is 8.39. The highest BCUT2D eigenvalue weighted by Crippen LogP contribution is 2.23. The van der Waals surface area contributed by atoms with Gasteiger partial charge in [0, 0.05) is 18.8 Å². The molecule has 1 aromatic rings. The lowest BCUT2D eigenvalue weighted by atomic mass is 9.98. The first kappa shape index (κ1) is 7.62. The first-order valence-electron chi connectivity index (χ1n) is 4.41. The normalized spacial score (nSPS) is 21.6. The lowest BCUT2D eigenvalue weighted by Gasteiger charge is -2.28. The molecule has 2 N–H and O–H groups in total. The zero-order valence-corrected chi connectivity index (χ0v) is 7.30. The quantitative estimate of drug-likeness (QED) is 0.692. The molecule has 1 aliphatic rings.